The van der Waals surface area contributed by atoms with E-state index in [0.29, 0.717) is 0 Å². The average Bonchev–Trinajstić information content (AvgIpc) is 3.61. The number of imidazole rings is 1. The largest absolute Gasteiger partial charge is 0.481 e. The number of carboxylic acids is 1. The van der Waals surface area contributed by atoms with Crippen LogP contribution in [0.15, 0.2) is 36.6 Å². The van der Waals surface area contributed by atoms with Gasteiger partial charge >= 0.3 is 21.6 Å². The van der Waals surface area contributed by atoms with E-state index >= 15 is 0 Å². The number of nitrogens with two attached hydrogens (primary N) is 1. The Labute approximate surface area is 246 Å². The van der Waals surface area contributed by atoms with E-state index in [0.717, 1.165) is 6.33 Å². The van der Waals surface area contributed by atoms with E-state index in [2.05, 4.69) is 23.8 Å². The zero-order chi connectivity index (χ0) is 32.0. The predicted octanol–water partition coefficient (Wildman–Crippen LogP) is -2.43. The van der Waals surface area contributed by atoms with Crippen molar-refractivity contribution in [1.29, 1.82) is 0 Å². The second kappa shape index (κ2) is 12.5. The third-order valence-electron chi connectivity index (χ3n) is 6.88. The summed E-state index contributed by atoms with van der Waals surface area (Å²) in [6.07, 6.45) is -5.43. The quantitative estimate of drug-likeness (QED) is 0.116. The highest BCUT2D eigenvalue weighted by Gasteiger charge is 2.48. The SMILES string of the molecule is Nc1ncnc2c1ncn2[C@@H]1O[C@H](COP(=O)(O)OP(=O)(O)OC[C@H]2O[C@@H](N3C=CC=C(C(=O)O)C3)[C@H](O)[C@@H]2O)[C@@H](O)[C@H]1O. The van der Waals surface area contributed by atoms with E-state index in [1.807, 2.05) is 0 Å². The highest BCUT2D eigenvalue weighted by atomic mass is 31.3. The Bertz CT molecular complexity index is 1550. The van der Waals surface area contributed by atoms with Crippen LogP contribution < -0.4 is 5.73 Å². The number of fused-ring (bicyclic) bond motifs is 1. The molecule has 0 radical (unpaired) electrons. The lowest BCUT2D eigenvalue weighted by atomic mass is 10.1. The minimum absolute atomic E-state index is 0.0278. The van der Waals surface area contributed by atoms with E-state index in [4.69, 9.17) is 19.7 Å². The summed E-state index contributed by atoms with van der Waals surface area (Å²) in [4.78, 5) is 44.4. The third-order valence-corrected chi connectivity index (χ3v) is 9.48. The number of rotatable bonds is 11. The van der Waals surface area contributed by atoms with Gasteiger partial charge in [-0.2, -0.15) is 4.31 Å². The van der Waals surface area contributed by atoms with Crippen LogP contribution in [-0.2, 0) is 36.8 Å². The summed E-state index contributed by atoms with van der Waals surface area (Å²) in [6, 6.07) is 0. The lowest BCUT2D eigenvalue weighted by Crippen LogP contribution is -2.43. The summed E-state index contributed by atoms with van der Waals surface area (Å²) in [6.45, 7) is -1.99. The number of allylic oxidation sites excluding steroid dienone is 2. The van der Waals surface area contributed by atoms with Crippen molar-refractivity contribution in [2.24, 2.45) is 0 Å². The molecule has 0 aromatic carbocycles. The van der Waals surface area contributed by atoms with Crippen LogP contribution in [0.3, 0.4) is 0 Å². The van der Waals surface area contributed by atoms with Gasteiger partial charge in [0, 0.05) is 6.20 Å². The normalized spacial score (nSPS) is 33.3. The zero-order valence-corrected chi connectivity index (χ0v) is 24.0. The van der Waals surface area contributed by atoms with Gasteiger partial charge in [0.1, 0.15) is 48.5 Å². The molecule has 0 spiro atoms. The third kappa shape index (κ3) is 6.70. The maximum atomic E-state index is 12.4. The smallest absolute Gasteiger partial charge is 0.478 e. The molecule has 0 amide bonds. The summed E-state index contributed by atoms with van der Waals surface area (Å²) in [5.74, 6) is -1.16. The molecule has 2 aromatic heterocycles. The highest BCUT2D eigenvalue weighted by Crippen LogP contribution is 2.60. The van der Waals surface area contributed by atoms with Crippen LogP contribution in [0.25, 0.3) is 11.2 Å². The maximum Gasteiger partial charge on any atom is 0.481 e. The molecular weight excluding hydrogens is 638 g/mol. The Morgan fingerprint density at radius 2 is 1.55 bits per heavy atom. The minimum Gasteiger partial charge on any atom is -0.478 e. The first kappa shape index (κ1) is 32.5. The average molecular weight is 666 g/mol. The molecule has 3 aliphatic rings. The molecule has 0 saturated carbocycles. The number of aliphatic carboxylic acids is 1. The topological polar surface area (TPSA) is 312 Å². The number of phosphoric acid groups is 2. The number of hydrogen-bond acceptors (Lipinski definition) is 17. The first-order chi connectivity index (χ1) is 20.7. The summed E-state index contributed by atoms with van der Waals surface area (Å²) in [5.41, 5.74) is 6.07. The molecule has 3 aliphatic heterocycles. The van der Waals surface area contributed by atoms with Gasteiger partial charge in [-0.25, -0.2) is 28.9 Å². The van der Waals surface area contributed by atoms with Crippen LogP contribution in [0, 0.1) is 0 Å². The molecule has 0 bridgehead atoms. The summed E-state index contributed by atoms with van der Waals surface area (Å²) >= 11 is 0. The van der Waals surface area contributed by atoms with Crippen molar-refractivity contribution in [3.63, 3.8) is 0 Å². The number of nitrogen functional groups attached to an aromatic ring is 1. The number of aromatic nitrogens is 4. The molecule has 2 unspecified atom stereocenters. The van der Waals surface area contributed by atoms with Crippen LogP contribution in [0.5, 0.6) is 0 Å². The molecule has 0 aliphatic carbocycles. The van der Waals surface area contributed by atoms with Crippen LogP contribution >= 0.6 is 15.6 Å². The number of carboxylic acid groups (broad SMARTS) is 1. The van der Waals surface area contributed by atoms with Crippen molar-refractivity contribution >= 4 is 38.6 Å². The number of aliphatic hydroxyl groups is 4. The first-order valence-corrected chi connectivity index (χ1v) is 15.6. The number of nitrogens with zero attached hydrogens (tertiary/aromatic N) is 5. The second-order valence-corrected chi connectivity index (χ2v) is 12.8. The predicted molar refractivity (Wildman–Crippen MR) is 141 cm³/mol. The van der Waals surface area contributed by atoms with E-state index in [1.54, 1.807) is 0 Å². The molecule has 2 fully saturated rings. The van der Waals surface area contributed by atoms with Crippen LogP contribution in [0.2, 0.25) is 0 Å². The van der Waals surface area contributed by atoms with Crippen LogP contribution in [0.4, 0.5) is 5.82 Å². The molecule has 2 saturated heterocycles. The number of anilines is 1. The standard InChI is InChI=1S/C21H28N6O15P2/c22-17-12-18(24-7-23-17)27(8-25-12)20-16(31)14(29)11(41-20)6-39-44(36,37)42-43(34,35)38-5-10-13(28)15(30)19(40-10)26-3-1-2-9(4-26)21(32)33/h1-3,7-8,10-11,13-16,19-20,28-31H,4-6H2,(H,32,33)(H,34,35)(H,36,37)(H2,22,23,24)/t10-,11-,13-,14-,15-,16-,19-,20-/m1/s1. The van der Waals surface area contributed by atoms with Gasteiger partial charge in [-0.3, -0.25) is 13.6 Å². The lowest BCUT2D eigenvalue weighted by Gasteiger charge is -2.30. The molecule has 44 heavy (non-hydrogen) atoms. The summed E-state index contributed by atoms with van der Waals surface area (Å²) < 4.78 is 50.7. The van der Waals surface area contributed by atoms with Gasteiger partial charge in [-0.1, -0.05) is 0 Å². The number of phosphoric ester groups is 2. The number of carbonyl (C=O) groups is 1. The Morgan fingerprint density at radius 1 is 0.955 bits per heavy atom. The van der Waals surface area contributed by atoms with Gasteiger partial charge in [0.25, 0.3) is 0 Å². The second-order valence-electron chi connectivity index (χ2n) is 9.80. The highest BCUT2D eigenvalue weighted by molar-refractivity contribution is 7.61. The molecule has 23 heteroatoms. The molecule has 2 aromatic rings. The first-order valence-electron chi connectivity index (χ1n) is 12.7. The molecule has 5 rings (SSSR count). The van der Waals surface area contributed by atoms with Gasteiger partial charge in [0.2, 0.25) is 0 Å². The van der Waals surface area contributed by atoms with Gasteiger partial charge in [-0.05, 0) is 12.2 Å². The van der Waals surface area contributed by atoms with E-state index in [1.165, 1.54) is 34.1 Å². The molecule has 9 N–H and O–H groups in total. The van der Waals surface area contributed by atoms with Crippen LogP contribution in [-0.4, -0.2) is 128 Å². The fraction of sp³-hybridized carbons (Fsp3) is 0.524. The van der Waals surface area contributed by atoms with E-state index in [-0.39, 0.29) is 29.1 Å². The Balaban J connectivity index is 1.14. The Kier molecular flexibility index (Phi) is 9.23. The minimum atomic E-state index is -5.38. The number of aliphatic hydroxyl groups excluding tert-OH is 4. The summed E-state index contributed by atoms with van der Waals surface area (Å²) in [7, 11) is -10.8. The maximum absolute atomic E-state index is 12.4. The van der Waals surface area contributed by atoms with Crippen molar-refractivity contribution < 1.29 is 72.1 Å². The molecular formula is C21H28N6O15P2. The molecule has 21 nitrogen and oxygen atoms in total. The van der Waals surface area contributed by atoms with Gasteiger partial charge in [-0.15, -0.1) is 0 Å². The Hall–Kier alpha value is -2.88. The number of hydrogen-bond donors (Lipinski definition) is 8. The van der Waals surface area contributed by atoms with Gasteiger partial charge in [0.05, 0.1) is 31.7 Å². The van der Waals surface area contributed by atoms with Crippen LogP contribution in [0.1, 0.15) is 6.23 Å². The number of ether oxygens (including phenoxy) is 2. The zero-order valence-electron chi connectivity index (χ0n) is 22.2. The molecule has 5 heterocycles. The fourth-order valence-corrected chi connectivity index (χ4v) is 6.78. The van der Waals surface area contributed by atoms with Gasteiger partial charge < -0.3 is 55.4 Å². The van der Waals surface area contributed by atoms with E-state index in [9.17, 15) is 49.2 Å². The van der Waals surface area contributed by atoms with Gasteiger partial charge in [0.15, 0.2) is 23.9 Å². The van der Waals surface area contributed by atoms with Crippen molar-refractivity contribution in [2.75, 3.05) is 25.5 Å². The lowest BCUT2D eigenvalue weighted by molar-refractivity contribution is -0.133. The van der Waals surface area contributed by atoms with Crippen molar-refractivity contribution in [3.8, 4) is 0 Å². The summed E-state index contributed by atoms with van der Waals surface area (Å²) in [5, 5.41) is 50.8. The van der Waals surface area contributed by atoms with Crippen molar-refractivity contribution in [1.82, 2.24) is 24.4 Å². The Morgan fingerprint density at radius 3 is 2.16 bits per heavy atom. The van der Waals surface area contributed by atoms with Crippen molar-refractivity contribution in [2.45, 2.75) is 49.1 Å². The van der Waals surface area contributed by atoms with Crippen molar-refractivity contribution in [3.05, 3.63) is 36.6 Å². The fourth-order valence-electron chi connectivity index (χ4n) is 4.69. The van der Waals surface area contributed by atoms with E-state index < -0.39 is 83.9 Å². The monoisotopic (exact) mass is 666 g/mol. The molecule has 10 atom stereocenters. The molecule has 242 valence electrons.